The molecule has 0 spiro atoms. The van der Waals surface area contributed by atoms with Crippen molar-refractivity contribution >= 4 is 33.2 Å². The number of carbonyl (C=O) groups excluding carboxylic acids is 2. The summed E-state index contributed by atoms with van der Waals surface area (Å²) in [6.45, 7) is 7.95. The van der Waals surface area contributed by atoms with Crippen molar-refractivity contribution in [2.75, 3.05) is 95.5 Å². The minimum absolute atomic E-state index is 0.0394. The summed E-state index contributed by atoms with van der Waals surface area (Å²) >= 11 is 0. The average molecular weight is 496 g/mol. The van der Waals surface area contributed by atoms with Crippen LogP contribution < -0.4 is 10.2 Å². The molecule has 3 saturated heterocycles. The van der Waals surface area contributed by atoms with Crippen LogP contribution in [-0.4, -0.2) is 120 Å². The Morgan fingerprint density at radius 1 is 0.912 bits per heavy atom. The SMILES string of the molecule is CC(=O)N1CCN(CC(=O)Nc2cc(S(=O)(=O)N3CCOCC3)ccc2N2CCOCC2)CC1. The molecular formula is C22H33N5O6S. The minimum Gasteiger partial charge on any atom is -0.379 e. The van der Waals surface area contributed by atoms with Crippen LogP contribution in [0.1, 0.15) is 6.92 Å². The van der Waals surface area contributed by atoms with Crippen molar-refractivity contribution < 1.29 is 27.5 Å². The summed E-state index contributed by atoms with van der Waals surface area (Å²) in [5.74, 6) is -0.177. The lowest BCUT2D eigenvalue weighted by molar-refractivity contribution is -0.130. The molecule has 1 aromatic carbocycles. The molecule has 34 heavy (non-hydrogen) atoms. The molecule has 3 aliphatic rings. The first kappa shape index (κ1) is 24.9. The first-order valence-electron chi connectivity index (χ1n) is 11.7. The number of benzene rings is 1. The highest BCUT2D eigenvalue weighted by atomic mass is 32.2. The molecular weight excluding hydrogens is 462 g/mol. The molecule has 3 aliphatic heterocycles. The third-order valence-corrected chi connectivity index (χ3v) is 8.28. The van der Waals surface area contributed by atoms with Crippen LogP contribution in [0.2, 0.25) is 0 Å². The van der Waals surface area contributed by atoms with Gasteiger partial charge >= 0.3 is 0 Å². The highest BCUT2D eigenvalue weighted by Crippen LogP contribution is 2.31. The number of hydrogen-bond acceptors (Lipinski definition) is 8. The summed E-state index contributed by atoms with van der Waals surface area (Å²) in [5, 5.41) is 2.95. The van der Waals surface area contributed by atoms with E-state index in [0.29, 0.717) is 84.5 Å². The topological polar surface area (TPSA) is 112 Å². The predicted octanol–water partition coefficient (Wildman–Crippen LogP) is -0.353. The van der Waals surface area contributed by atoms with E-state index in [1.54, 1.807) is 30.0 Å². The fourth-order valence-electron chi connectivity index (χ4n) is 4.41. The molecule has 3 heterocycles. The average Bonchev–Trinajstić information content (AvgIpc) is 2.85. The lowest BCUT2D eigenvalue weighted by atomic mass is 10.2. The Balaban J connectivity index is 1.51. The Morgan fingerprint density at radius 2 is 1.53 bits per heavy atom. The molecule has 3 fully saturated rings. The molecule has 0 radical (unpaired) electrons. The highest BCUT2D eigenvalue weighted by Gasteiger charge is 2.28. The Bertz CT molecular complexity index is 983. The smallest absolute Gasteiger partial charge is 0.243 e. The molecule has 0 bridgehead atoms. The number of morpholine rings is 2. The Hall–Kier alpha value is -2.25. The first-order chi connectivity index (χ1) is 16.3. The van der Waals surface area contributed by atoms with Crippen LogP contribution in [0, 0.1) is 0 Å². The standard InChI is InChI=1S/C22H33N5O6S/c1-18(28)25-6-4-24(5-7-25)17-22(29)23-20-16-19(34(30,31)27-10-14-33-15-11-27)2-3-21(20)26-8-12-32-13-9-26/h2-3,16H,4-15,17H2,1H3,(H,23,29). The fraction of sp³-hybridized carbons (Fsp3) is 0.636. The van der Waals surface area contributed by atoms with Gasteiger partial charge in [-0.2, -0.15) is 4.31 Å². The number of ether oxygens (including phenoxy) is 2. The van der Waals surface area contributed by atoms with E-state index in [9.17, 15) is 18.0 Å². The summed E-state index contributed by atoms with van der Waals surface area (Å²) < 4.78 is 38.6. The highest BCUT2D eigenvalue weighted by molar-refractivity contribution is 7.89. The van der Waals surface area contributed by atoms with Crippen molar-refractivity contribution in [3.63, 3.8) is 0 Å². The van der Waals surface area contributed by atoms with Gasteiger partial charge in [0.15, 0.2) is 0 Å². The third kappa shape index (κ3) is 5.87. The first-order valence-corrected chi connectivity index (χ1v) is 13.1. The Labute approximate surface area is 200 Å². The Kier molecular flexibility index (Phi) is 8.04. The maximum atomic E-state index is 13.2. The second-order valence-corrected chi connectivity index (χ2v) is 10.6. The number of amides is 2. The van der Waals surface area contributed by atoms with Gasteiger partial charge < -0.3 is 24.6 Å². The molecule has 0 aliphatic carbocycles. The summed E-state index contributed by atoms with van der Waals surface area (Å²) in [6.07, 6.45) is 0. The molecule has 1 N–H and O–H groups in total. The van der Waals surface area contributed by atoms with Gasteiger partial charge in [-0.1, -0.05) is 0 Å². The zero-order valence-corrected chi connectivity index (χ0v) is 20.4. The van der Waals surface area contributed by atoms with E-state index >= 15 is 0 Å². The van der Waals surface area contributed by atoms with Crippen molar-refractivity contribution in [2.45, 2.75) is 11.8 Å². The van der Waals surface area contributed by atoms with Gasteiger partial charge in [0.05, 0.1) is 49.2 Å². The zero-order valence-electron chi connectivity index (χ0n) is 19.6. The summed E-state index contributed by atoms with van der Waals surface area (Å²) in [6, 6.07) is 4.92. The maximum Gasteiger partial charge on any atom is 0.243 e. The lowest BCUT2D eigenvalue weighted by Gasteiger charge is -2.34. The molecule has 12 heteroatoms. The van der Waals surface area contributed by atoms with Crippen molar-refractivity contribution in [3.05, 3.63) is 18.2 Å². The monoisotopic (exact) mass is 495 g/mol. The fourth-order valence-corrected chi connectivity index (χ4v) is 5.84. The molecule has 0 saturated carbocycles. The van der Waals surface area contributed by atoms with E-state index in [0.717, 1.165) is 5.69 Å². The van der Waals surface area contributed by atoms with E-state index in [1.165, 1.54) is 4.31 Å². The van der Waals surface area contributed by atoms with Crippen LogP contribution in [0.3, 0.4) is 0 Å². The van der Waals surface area contributed by atoms with Crippen LogP contribution in [0.4, 0.5) is 11.4 Å². The largest absolute Gasteiger partial charge is 0.379 e. The van der Waals surface area contributed by atoms with Crippen molar-refractivity contribution in [1.82, 2.24) is 14.1 Å². The van der Waals surface area contributed by atoms with Gasteiger partial charge in [-0.3, -0.25) is 14.5 Å². The van der Waals surface area contributed by atoms with Gasteiger partial charge in [-0.25, -0.2) is 8.42 Å². The summed E-state index contributed by atoms with van der Waals surface area (Å²) in [7, 11) is -3.70. The van der Waals surface area contributed by atoms with Crippen molar-refractivity contribution in [2.24, 2.45) is 0 Å². The van der Waals surface area contributed by atoms with E-state index in [4.69, 9.17) is 9.47 Å². The maximum absolute atomic E-state index is 13.2. The van der Waals surface area contributed by atoms with Crippen molar-refractivity contribution in [3.8, 4) is 0 Å². The van der Waals surface area contributed by atoms with E-state index in [-0.39, 0.29) is 23.3 Å². The van der Waals surface area contributed by atoms with Crippen LogP contribution in [0.5, 0.6) is 0 Å². The summed E-state index contributed by atoms with van der Waals surface area (Å²) in [5.41, 5.74) is 1.25. The van der Waals surface area contributed by atoms with Crippen LogP contribution in [0.25, 0.3) is 0 Å². The van der Waals surface area contributed by atoms with Crippen LogP contribution >= 0.6 is 0 Å². The van der Waals surface area contributed by atoms with Gasteiger partial charge in [0.25, 0.3) is 0 Å². The second kappa shape index (κ2) is 11.0. The number of piperazine rings is 1. The number of carbonyl (C=O) groups is 2. The van der Waals surface area contributed by atoms with Crippen molar-refractivity contribution in [1.29, 1.82) is 0 Å². The molecule has 0 aromatic heterocycles. The molecule has 0 atom stereocenters. The van der Waals surface area contributed by atoms with Gasteiger partial charge in [0.2, 0.25) is 21.8 Å². The van der Waals surface area contributed by atoms with Gasteiger partial charge in [0.1, 0.15) is 0 Å². The molecule has 188 valence electrons. The number of sulfonamides is 1. The molecule has 0 unspecified atom stereocenters. The van der Waals surface area contributed by atoms with E-state index < -0.39 is 10.0 Å². The third-order valence-electron chi connectivity index (χ3n) is 6.39. The van der Waals surface area contributed by atoms with Gasteiger partial charge in [0, 0.05) is 59.3 Å². The predicted molar refractivity (Wildman–Crippen MR) is 126 cm³/mol. The number of nitrogens with zero attached hydrogens (tertiary/aromatic N) is 4. The molecule has 2 amide bonds. The normalized spacial score (nSPS) is 20.9. The van der Waals surface area contributed by atoms with Crippen LogP contribution in [-0.2, 0) is 29.1 Å². The molecule has 1 aromatic rings. The molecule has 11 nitrogen and oxygen atoms in total. The van der Waals surface area contributed by atoms with E-state index in [1.807, 2.05) is 4.90 Å². The number of anilines is 2. The molecule has 4 rings (SSSR count). The zero-order chi connectivity index (χ0) is 24.1. The Morgan fingerprint density at radius 3 is 2.15 bits per heavy atom. The van der Waals surface area contributed by atoms with Gasteiger partial charge in [-0.05, 0) is 18.2 Å². The minimum atomic E-state index is -3.70. The number of hydrogen-bond donors (Lipinski definition) is 1. The van der Waals surface area contributed by atoms with Gasteiger partial charge in [-0.15, -0.1) is 0 Å². The summed E-state index contributed by atoms with van der Waals surface area (Å²) in [4.78, 5) is 30.5. The lowest BCUT2D eigenvalue weighted by Crippen LogP contribution is -2.49. The second-order valence-electron chi connectivity index (χ2n) is 8.63. The van der Waals surface area contributed by atoms with Crippen LogP contribution in [0.15, 0.2) is 23.1 Å². The quantitative estimate of drug-likeness (QED) is 0.570. The number of rotatable bonds is 6. The van der Waals surface area contributed by atoms with E-state index in [2.05, 4.69) is 10.2 Å². The number of nitrogens with one attached hydrogen (secondary N) is 1.